The maximum atomic E-state index is 12.6. The summed E-state index contributed by atoms with van der Waals surface area (Å²) in [5.74, 6) is -0.274. The van der Waals surface area contributed by atoms with Gasteiger partial charge >= 0.3 is 6.18 Å². The largest absolute Gasteiger partial charge is 0.416 e. The lowest BCUT2D eigenvalue weighted by atomic mass is 10.2. The van der Waals surface area contributed by atoms with Crippen molar-refractivity contribution in [1.82, 2.24) is 5.32 Å². The first-order chi connectivity index (χ1) is 9.72. The molecule has 0 aliphatic rings. The molecule has 0 aliphatic heterocycles. The number of anilines is 1. The van der Waals surface area contributed by atoms with Crippen molar-refractivity contribution in [2.45, 2.75) is 38.9 Å². The fraction of sp³-hybridized carbons (Fsp3) is 0.500. The molecule has 0 fully saturated rings. The van der Waals surface area contributed by atoms with E-state index in [1.807, 2.05) is 13.8 Å². The summed E-state index contributed by atoms with van der Waals surface area (Å²) >= 11 is 5.66. The van der Waals surface area contributed by atoms with Crippen LogP contribution in [0.2, 0.25) is 5.02 Å². The van der Waals surface area contributed by atoms with Crippen LogP contribution < -0.4 is 10.6 Å². The van der Waals surface area contributed by atoms with Gasteiger partial charge in [0.05, 0.1) is 12.1 Å². The summed E-state index contributed by atoms with van der Waals surface area (Å²) in [7, 11) is 0. The zero-order chi connectivity index (χ0) is 16.0. The van der Waals surface area contributed by atoms with Crippen molar-refractivity contribution in [3.05, 3.63) is 28.8 Å². The minimum Gasteiger partial charge on any atom is -0.376 e. The van der Waals surface area contributed by atoms with Gasteiger partial charge in [0.2, 0.25) is 5.91 Å². The third kappa shape index (κ3) is 6.25. The summed E-state index contributed by atoms with van der Waals surface area (Å²) in [6.07, 6.45) is -2.68. The number of benzene rings is 1. The molecular weight excluding hydrogens is 305 g/mol. The highest BCUT2D eigenvalue weighted by Crippen LogP contribution is 2.33. The SMILES string of the molecule is CCCC(C)NC(=O)CNc1cc(Cl)cc(C(F)(F)F)c1. The Kier molecular flexibility index (Phi) is 6.33. The van der Waals surface area contributed by atoms with Crippen LogP contribution in [0.5, 0.6) is 0 Å². The molecule has 1 aromatic rings. The van der Waals surface area contributed by atoms with Gasteiger partial charge in [0.15, 0.2) is 0 Å². The molecule has 1 aromatic carbocycles. The van der Waals surface area contributed by atoms with E-state index in [1.165, 1.54) is 6.07 Å². The first-order valence-corrected chi connectivity index (χ1v) is 7.01. The molecule has 1 rings (SSSR count). The number of alkyl halides is 3. The number of nitrogens with one attached hydrogen (secondary N) is 2. The van der Waals surface area contributed by atoms with E-state index in [9.17, 15) is 18.0 Å². The third-order valence-electron chi connectivity index (χ3n) is 2.81. The van der Waals surface area contributed by atoms with Crippen LogP contribution >= 0.6 is 11.6 Å². The van der Waals surface area contributed by atoms with E-state index in [0.29, 0.717) is 0 Å². The Morgan fingerprint density at radius 3 is 2.57 bits per heavy atom. The van der Waals surface area contributed by atoms with Crippen LogP contribution in [0.4, 0.5) is 18.9 Å². The van der Waals surface area contributed by atoms with Gasteiger partial charge in [0.25, 0.3) is 0 Å². The van der Waals surface area contributed by atoms with Gasteiger partial charge in [-0.2, -0.15) is 13.2 Å². The van der Waals surface area contributed by atoms with E-state index in [4.69, 9.17) is 11.6 Å². The summed E-state index contributed by atoms with van der Waals surface area (Å²) in [5, 5.41) is 5.37. The maximum absolute atomic E-state index is 12.6. The van der Waals surface area contributed by atoms with Gasteiger partial charge < -0.3 is 10.6 Å². The zero-order valence-corrected chi connectivity index (χ0v) is 12.6. The van der Waals surface area contributed by atoms with E-state index in [0.717, 1.165) is 25.0 Å². The Balaban J connectivity index is 2.63. The molecule has 0 spiro atoms. The van der Waals surface area contributed by atoms with Crippen LogP contribution in [-0.4, -0.2) is 18.5 Å². The van der Waals surface area contributed by atoms with Crippen LogP contribution in [0.15, 0.2) is 18.2 Å². The number of carbonyl (C=O) groups is 1. The smallest absolute Gasteiger partial charge is 0.376 e. The van der Waals surface area contributed by atoms with E-state index in [-0.39, 0.29) is 29.2 Å². The molecule has 0 heterocycles. The van der Waals surface area contributed by atoms with Crippen molar-refractivity contribution in [2.24, 2.45) is 0 Å². The van der Waals surface area contributed by atoms with Gasteiger partial charge in [-0.1, -0.05) is 24.9 Å². The minimum atomic E-state index is -4.47. The van der Waals surface area contributed by atoms with Crippen LogP contribution in [-0.2, 0) is 11.0 Å². The molecular formula is C14H18ClF3N2O. The zero-order valence-electron chi connectivity index (χ0n) is 11.9. The Morgan fingerprint density at radius 1 is 1.33 bits per heavy atom. The molecule has 0 bridgehead atoms. The van der Waals surface area contributed by atoms with Crippen LogP contribution in [0.3, 0.4) is 0 Å². The second-order valence-electron chi connectivity index (χ2n) is 4.84. The fourth-order valence-corrected chi connectivity index (χ4v) is 2.10. The highest BCUT2D eigenvalue weighted by atomic mass is 35.5. The molecule has 1 amide bonds. The van der Waals surface area contributed by atoms with Gasteiger partial charge in [-0.25, -0.2) is 0 Å². The molecule has 0 radical (unpaired) electrons. The average Bonchev–Trinajstić information content (AvgIpc) is 2.35. The molecule has 1 unspecified atom stereocenters. The summed E-state index contributed by atoms with van der Waals surface area (Å²) in [4.78, 5) is 11.6. The standard InChI is InChI=1S/C14H18ClF3N2O/c1-3-4-9(2)20-13(21)8-19-12-6-10(14(16,17)18)5-11(15)7-12/h5-7,9,19H,3-4,8H2,1-2H3,(H,20,21). The molecule has 0 saturated carbocycles. The first kappa shape index (κ1) is 17.6. The monoisotopic (exact) mass is 322 g/mol. The van der Waals surface area contributed by atoms with Crippen LogP contribution in [0, 0.1) is 0 Å². The summed E-state index contributed by atoms with van der Waals surface area (Å²) in [5.41, 5.74) is -0.689. The number of carbonyl (C=O) groups excluding carboxylic acids is 1. The Hall–Kier alpha value is -1.43. The van der Waals surface area contributed by atoms with Crippen molar-refractivity contribution in [3.8, 4) is 0 Å². The van der Waals surface area contributed by atoms with Crippen molar-refractivity contribution < 1.29 is 18.0 Å². The van der Waals surface area contributed by atoms with Gasteiger partial charge in [-0.15, -0.1) is 0 Å². The van der Waals surface area contributed by atoms with E-state index < -0.39 is 11.7 Å². The molecule has 21 heavy (non-hydrogen) atoms. The Morgan fingerprint density at radius 2 is 2.00 bits per heavy atom. The number of hydrogen-bond acceptors (Lipinski definition) is 2. The van der Waals surface area contributed by atoms with Crippen molar-refractivity contribution in [2.75, 3.05) is 11.9 Å². The van der Waals surface area contributed by atoms with Crippen molar-refractivity contribution in [1.29, 1.82) is 0 Å². The Labute approximate surface area is 126 Å². The Bertz CT molecular complexity index is 492. The highest BCUT2D eigenvalue weighted by molar-refractivity contribution is 6.30. The molecule has 3 nitrogen and oxygen atoms in total. The normalized spacial score (nSPS) is 12.9. The highest BCUT2D eigenvalue weighted by Gasteiger charge is 2.31. The molecule has 0 aliphatic carbocycles. The summed E-state index contributed by atoms with van der Waals surface area (Å²) in [6.45, 7) is 3.78. The number of halogens is 4. The molecule has 118 valence electrons. The quantitative estimate of drug-likeness (QED) is 0.828. The van der Waals surface area contributed by atoms with E-state index in [1.54, 1.807) is 0 Å². The van der Waals surface area contributed by atoms with Crippen LogP contribution in [0.25, 0.3) is 0 Å². The molecule has 2 N–H and O–H groups in total. The van der Waals surface area contributed by atoms with Gasteiger partial charge in [-0.05, 0) is 31.5 Å². The topological polar surface area (TPSA) is 41.1 Å². The minimum absolute atomic E-state index is 0.0351. The van der Waals surface area contributed by atoms with Gasteiger partial charge in [0, 0.05) is 16.8 Å². The average molecular weight is 323 g/mol. The predicted octanol–water partition coefficient (Wildman–Crippen LogP) is 4.08. The summed E-state index contributed by atoms with van der Waals surface area (Å²) in [6, 6.07) is 3.15. The third-order valence-corrected chi connectivity index (χ3v) is 3.03. The van der Waals surface area contributed by atoms with E-state index in [2.05, 4.69) is 10.6 Å². The van der Waals surface area contributed by atoms with E-state index >= 15 is 0 Å². The number of amides is 1. The second kappa shape index (κ2) is 7.54. The predicted molar refractivity (Wildman–Crippen MR) is 77.5 cm³/mol. The second-order valence-corrected chi connectivity index (χ2v) is 5.27. The lowest BCUT2D eigenvalue weighted by molar-refractivity contribution is -0.137. The maximum Gasteiger partial charge on any atom is 0.416 e. The summed E-state index contributed by atoms with van der Waals surface area (Å²) < 4.78 is 37.9. The molecule has 7 heteroatoms. The van der Waals surface area contributed by atoms with Crippen LogP contribution in [0.1, 0.15) is 32.3 Å². The van der Waals surface area contributed by atoms with Crippen molar-refractivity contribution >= 4 is 23.2 Å². The number of hydrogen-bond donors (Lipinski definition) is 2. The van der Waals surface area contributed by atoms with Gasteiger partial charge in [0.1, 0.15) is 0 Å². The fourth-order valence-electron chi connectivity index (χ4n) is 1.87. The first-order valence-electron chi connectivity index (χ1n) is 6.63. The molecule has 1 atom stereocenters. The molecule has 0 saturated heterocycles. The van der Waals surface area contributed by atoms with Gasteiger partial charge in [-0.3, -0.25) is 4.79 Å². The lowest BCUT2D eigenvalue weighted by Gasteiger charge is -2.14. The lowest BCUT2D eigenvalue weighted by Crippen LogP contribution is -2.36. The number of rotatable bonds is 6. The molecule has 0 aromatic heterocycles. The van der Waals surface area contributed by atoms with Crippen molar-refractivity contribution in [3.63, 3.8) is 0 Å².